The van der Waals surface area contributed by atoms with Crippen molar-refractivity contribution >= 4 is 28.7 Å². The average molecular weight is 459 g/mol. The maximum atomic E-state index is 14.9. The highest BCUT2D eigenvalue weighted by Gasteiger charge is 2.15. The number of nitriles is 1. The first-order chi connectivity index (χ1) is 16.4. The summed E-state index contributed by atoms with van der Waals surface area (Å²) in [6.45, 7) is 3.34. The molecule has 0 fully saturated rings. The first-order valence-electron chi connectivity index (χ1n) is 10.4. The van der Waals surface area contributed by atoms with Crippen LogP contribution in [0.15, 0.2) is 42.5 Å². The Hall–Kier alpha value is -4.56. The van der Waals surface area contributed by atoms with Crippen molar-refractivity contribution in [3.63, 3.8) is 0 Å². The zero-order valence-corrected chi connectivity index (χ0v) is 18.8. The van der Waals surface area contributed by atoms with Crippen molar-refractivity contribution < 1.29 is 9.50 Å². The first kappa shape index (κ1) is 22.6. The molecule has 11 heteroatoms. The van der Waals surface area contributed by atoms with Crippen molar-refractivity contribution in [1.29, 1.82) is 5.26 Å². The van der Waals surface area contributed by atoms with E-state index in [9.17, 15) is 9.50 Å². The van der Waals surface area contributed by atoms with Gasteiger partial charge in [-0.15, -0.1) is 5.10 Å². The Balaban J connectivity index is 1.66. The quantitative estimate of drug-likeness (QED) is 0.326. The Morgan fingerprint density at radius 3 is 2.41 bits per heavy atom. The molecule has 4 aromatic rings. The van der Waals surface area contributed by atoms with Gasteiger partial charge in [-0.1, -0.05) is 0 Å². The third kappa shape index (κ3) is 4.62. The number of pyridine rings is 1. The van der Waals surface area contributed by atoms with Gasteiger partial charge in [-0.3, -0.25) is 0 Å². The first-order valence-corrected chi connectivity index (χ1v) is 10.4. The van der Waals surface area contributed by atoms with Crippen LogP contribution in [-0.4, -0.2) is 37.1 Å². The monoisotopic (exact) mass is 459 g/mol. The third-order valence-corrected chi connectivity index (χ3v) is 5.03. The molecular weight excluding hydrogens is 437 g/mol. The van der Waals surface area contributed by atoms with Crippen LogP contribution in [0.1, 0.15) is 22.6 Å². The Bertz CT molecular complexity index is 1380. The molecular formula is C23H22FN9O. The van der Waals surface area contributed by atoms with Gasteiger partial charge in [0.05, 0.1) is 29.4 Å². The Morgan fingerprint density at radius 2 is 1.76 bits per heavy atom. The van der Waals surface area contributed by atoms with Crippen LogP contribution in [0.5, 0.6) is 0 Å². The minimum atomic E-state index is -0.502. The second-order valence-electron chi connectivity index (χ2n) is 7.47. The molecule has 0 saturated carbocycles. The normalized spacial score (nSPS) is 10.6. The molecule has 0 aliphatic carbocycles. The number of halogens is 1. The predicted molar refractivity (Wildman–Crippen MR) is 126 cm³/mol. The molecule has 1 aromatic carbocycles. The molecule has 0 bridgehead atoms. The zero-order chi connectivity index (χ0) is 24.2. The van der Waals surface area contributed by atoms with Crippen LogP contribution in [0.4, 0.5) is 33.1 Å². The van der Waals surface area contributed by atoms with Crippen LogP contribution in [0.3, 0.4) is 0 Å². The van der Waals surface area contributed by atoms with Crippen LogP contribution in [-0.2, 0) is 6.61 Å². The van der Waals surface area contributed by atoms with Gasteiger partial charge in [-0.2, -0.15) is 15.5 Å². The van der Waals surface area contributed by atoms with Gasteiger partial charge in [0.15, 0.2) is 17.3 Å². The van der Waals surface area contributed by atoms with Gasteiger partial charge in [0.25, 0.3) is 0 Å². The molecule has 0 spiro atoms. The molecule has 0 radical (unpaired) electrons. The number of rotatable bonds is 7. The summed E-state index contributed by atoms with van der Waals surface area (Å²) in [5.74, 6) is 0.693. The topological polar surface area (TPSA) is 137 Å². The summed E-state index contributed by atoms with van der Waals surface area (Å²) < 4.78 is 16.4. The maximum absolute atomic E-state index is 14.9. The fourth-order valence-corrected chi connectivity index (χ4v) is 3.32. The highest BCUT2D eigenvalue weighted by Crippen LogP contribution is 2.32. The summed E-state index contributed by atoms with van der Waals surface area (Å²) >= 11 is 0. The number of hydrogen-bond acceptors (Lipinski definition) is 9. The lowest BCUT2D eigenvalue weighted by Crippen LogP contribution is -2.09. The van der Waals surface area contributed by atoms with E-state index >= 15 is 0 Å². The lowest BCUT2D eigenvalue weighted by molar-refractivity contribution is 0.281. The lowest BCUT2D eigenvalue weighted by atomic mass is 10.2. The molecule has 3 heterocycles. The Labute approximate surface area is 195 Å². The largest absolute Gasteiger partial charge is 0.392 e. The van der Waals surface area contributed by atoms with E-state index in [1.54, 1.807) is 50.4 Å². The molecule has 172 valence electrons. The van der Waals surface area contributed by atoms with Crippen molar-refractivity contribution in [2.45, 2.75) is 20.5 Å². The number of aliphatic hydroxyl groups is 1. The molecule has 4 N–H and O–H groups in total. The summed E-state index contributed by atoms with van der Waals surface area (Å²) in [4.78, 5) is 4.56. The van der Waals surface area contributed by atoms with Gasteiger partial charge in [0.2, 0.25) is 0 Å². The molecule has 3 aromatic heterocycles. The number of nitrogens with one attached hydrogen (secondary N) is 3. The zero-order valence-electron chi connectivity index (χ0n) is 18.8. The summed E-state index contributed by atoms with van der Waals surface area (Å²) in [7, 11) is 1.72. The lowest BCUT2D eigenvalue weighted by Gasteiger charge is -2.16. The van der Waals surface area contributed by atoms with E-state index in [0.717, 1.165) is 5.69 Å². The van der Waals surface area contributed by atoms with Crippen LogP contribution in [0.2, 0.25) is 0 Å². The van der Waals surface area contributed by atoms with Crippen molar-refractivity contribution in [2.24, 2.45) is 0 Å². The van der Waals surface area contributed by atoms with E-state index in [0.29, 0.717) is 40.1 Å². The number of nitrogens with zero attached hydrogens (tertiary/aromatic N) is 6. The second kappa shape index (κ2) is 9.51. The van der Waals surface area contributed by atoms with Gasteiger partial charge in [-0.05, 0) is 50.2 Å². The fourth-order valence-electron chi connectivity index (χ4n) is 3.32. The minimum absolute atomic E-state index is 0.230. The van der Waals surface area contributed by atoms with E-state index in [4.69, 9.17) is 5.26 Å². The van der Waals surface area contributed by atoms with Gasteiger partial charge in [-0.25, -0.2) is 14.1 Å². The van der Waals surface area contributed by atoms with Crippen molar-refractivity contribution in [2.75, 3.05) is 23.0 Å². The second-order valence-corrected chi connectivity index (χ2v) is 7.47. The van der Waals surface area contributed by atoms with E-state index in [1.807, 2.05) is 13.0 Å². The van der Waals surface area contributed by atoms with E-state index in [-0.39, 0.29) is 18.0 Å². The predicted octanol–water partition coefficient (Wildman–Crippen LogP) is 3.71. The molecule has 4 rings (SSSR count). The summed E-state index contributed by atoms with van der Waals surface area (Å²) in [5.41, 5.74) is 3.50. The van der Waals surface area contributed by atoms with E-state index in [2.05, 4.69) is 36.2 Å². The molecule has 34 heavy (non-hydrogen) atoms. The standard InChI is InChI=1S/C23H22FN9O/c1-13-4-6-22(31-30-13)27-18-10-19(26-3)20(9-17(18)24)28-21-7-5-15(12-34)23(29-21)33-14(2)8-16(11-25)32-33/h4-10,26,34H,12H2,1-3H3,(H,27,31)(H,28,29). The third-order valence-electron chi connectivity index (χ3n) is 5.03. The molecule has 0 atom stereocenters. The Morgan fingerprint density at radius 1 is 1.00 bits per heavy atom. The molecule has 10 nitrogen and oxygen atoms in total. The fraction of sp³-hybridized carbons (Fsp3) is 0.174. The molecule has 0 unspecified atom stereocenters. The number of anilines is 5. The number of aryl methyl sites for hydroxylation is 2. The number of benzene rings is 1. The van der Waals surface area contributed by atoms with Gasteiger partial charge in [0, 0.05) is 24.4 Å². The van der Waals surface area contributed by atoms with Gasteiger partial charge < -0.3 is 21.1 Å². The van der Waals surface area contributed by atoms with Gasteiger partial charge >= 0.3 is 0 Å². The average Bonchev–Trinajstić information content (AvgIpc) is 3.22. The molecule has 0 saturated heterocycles. The maximum Gasteiger partial charge on any atom is 0.163 e. The molecule has 0 amide bonds. The minimum Gasteiger partial charge on any atom is -0.392 e. The summed E-state index contributed by atoms with van der Waals surface area (Å²) in [6.07, 6.45) is 0. The van der Waals surface area contributed by atoms with Crippen molar-refractivity contribution in [3.05, 3.63) is 70.9 Å². The Kier molecular flexibility index (Phi) is 6.33. The molecule has 0 aliphatic rings. The van der Waals surface area contributed by atoms with Crippen LogP contribution < -0.4 is 16.0 Å². The van der Waals surface area contributed by atoms with Crippen molar-refractivity contribution in [1.82, 2.24) is 25.0 Å². The van der Waals surface area contributed by atoms with Gasteiger partial charge in [0.1, 0.15) is 17.7 Å². The molecule has 0 aliphatic heterocycles. The SMILES string of the molecule is CNc1cc(Nc2ccc(C)nn2)c(F)cc1Nc1ccc(CO)c(-n2nc(C#N)cc2C)n1. The van der Waals surface area contributed by atoms with E-state index in [1.165, 1.54) is 10.7 Å². The number of hydrogen-bond donors (Lipinski definition) is 4. The number of aromatic nitrogens is 5. The van der Waals surface area contributed by atoms with Crippen LogP contribution >= 0.6 is 0 Å². The van der Waals surface area contributed by atoms with E-state index < -0.39 is 5.82 Å². The van der Waals surface area contributed by atoms with Crippen molar-refractivity contribution in [3.8, 4) is 11.9 Å². The van der Waals surface area contributed by atoms with Crippen LogP contribution in [0.25, 0.3) is 5.82 Å². The highest BCUT2D eigenvalue weighted by atomic mass is 19.1. The summed E-state index contributed by atoms with van der Waals surface area (Å²) in [5, 5.41) is 40.2. The summed E-state index contributed by atoms with van der Waals surface area (Å²) in [6, 6.07) is 13.4. The highest BCUT2D eigenvalue weighted by molar-refractivity contribution is 5.78. The number of aliphatic hydroxyl groups excluding tert-OH is 1. The smallest absolute Gasteiger partial charge is 0.163 e. The van der Waals surface area contributed by atoms with Crippen LogP contribution in [0, 0.1) is 31.0 Å².